The number of aliphatic carboxylic acids is 1. The van der Waals surface area contributed by atoms with Crippen LogP contribution in [0.15, 0.2) is 30.3 Å². The molecular weight excluding hydrogens is 318 g/mol. The Morgan fingerprint density at radius 3 is 2.72 bits per heavy atom. The number of carboxylic acids is 1. The summed E-state index contributed by atoms with van der Waals surface area (Å²) in [4.78, 5) is 27.5. The third kappa shape index (κ3) is 4.12. The molecule has 2 N–H and O–H groups in total. The predicted octanol–water partition coefficient (Wildman–Crippen LogP) is 2.16. The molecule has 3 rings (SSSR count). The summed E-state index contributed by atoms with van der Waals surface area (Å²) in [5.41, 5.74) is 1.23. The maximum absolute atomic E-state index is 12.4. The summed E-state index contributed by atoms with van der Waals surface area (Å²) in [5, 5.41) is 12.1. The fourth-order valence-electron chi connectivity index (χ4n) is 3.88. The molecule has 0 radical (unpaired) electrons. The first-order chi connectivity index (χ1) is 12.0. The number of hydrogen-bond donors (Lipinski definition) is 2. The number of rotatable bonds is 5. The normalized spacial score (nSPS) is 26.8. The molecule has 0 aromatic heterocycles. The summed E-state index contributed by atoms with van der Waals surface area (Å²) in [6.45, 7) is 5.54. The van der Waals surface area contributed by atoms with Crippen molar-refractivity contribution in [1.82, 2.24) is 15.1 Å². The molecule has 2 fully saturated rings. The minimum absolute atomic E-state index is 0.0581. The SMILES string of the molecule is CC1(CNC(=O)N2CCC(C(=O)O)C2)CCCN1Cc1ccccc1. The molecule has 1 aromatic carbocycles. The number of carbonyl (C=O) groups is 2. The maximum Gasteiger partial charge on any atom is 0.317 e. The van der Waals surface area contributed by atoms with E-state index >= 15 is 0 Å². The third-order valence-electron chi connectivity index (χ3n) is 5.57. The third-order valence-corrected chi connectivity index (χ3v) is 5.57. The molecule has 2 amide bonds. The van der Waals surface area contributed by atoms with Crippen LogP contribution in [0.5, 0.6) is 0 Å². The number of nitrogens with one attached hydrogen (secondary N) is 1. The summed E-state index contributed by atoms with van der Waals surface area (Å²) in [6, 6.07) is 10.2. The van der Waals surface area contributed by atoms with Gasteiger partial charge in [0.2, 0.25) is 0 Å². The number of carboxylic acid groups (broad SMARTS) is 1. The van der Waals surface area contributed by atoms with Crippen molar-refractivity contribution >= 4 is 12.0 Å². The summed E-state index contributed by atoms with van der Waals surface area (Å²) in [5.74, 6) is -1.24. The lowest BCUT2D eigenvalue weighted by molar-refractivity contribution is -0.141. The Hall–Kier alpha value is -2.08. The molecule has 1 aromatic rings. The van der Waals surface area contributed by atoms with Gasteiger partial charge in [0.15, 0.2) is 0 Å². The van der Waals surface area contributed by atoms with Crippen LogP contribution < -0.4 is 5.32 Å². The van der Waals surface area contributed by atoms with Crippen molar-refractivity contribution < 1.29 is 14.7 Å². The monoisotopic (exact) mass is 345 g/mol. The van der Waals surface area contributed by atoms with Gasteiger partial charge in [-0.2, -0.15) is 0 Å². The van der Waals surface area contributed by atoms with Gasteiger partial charge in [0, 0.05) is 31.7 Å². The first kappa shape index (κ1) is 17.7. The van der Waals surface area contributed by atoms with E-state index in [0.29, 0.717) is 26.1 Å². The summed E-state index contributed by atoms with van der Waals surface area (Å²) >= 11 is 0. The van der Waals surface area contributed by atoms with Gasteiger partial charge in [-0.25, -0.2) is 4.79 Å². The number of carbonyl (C=O) groups excluding carboxylic acids is 1. The van der Waals surface area contributed by atoms with Gasteiger partial charge in [-0.1, -0.05) is 30.3 Å². The van der Waals surface area contributed by atoms with Crippen LogP contribution >= 0.6 is 0 Å². The molecule has 2 atom stereocenters. The van der Waals surface area contributed by atoms with E-state index in [2.05, 4.69) is 41.4 Å². The second-order valence-corrected chi connectivity index (χ2v) is 7.44. The maximum atomic E-state index is 12.4. The van der Waals surface area contributed by atoms with Crippen molar-refractivity contribution in [3.8, 4) is 0 Å². The fourth-order valence-corrected chi connectivity index (χ4v) is 3.88. The number of amides is 2. The Bertz CT molecular complexity index is 622. The number of nitrogens with zero attached hydrogens (tertiary/aromatic N) is 2. The van der Waals surface area contributed by atoms with Gasteiger partial charge < -0.3 is 15.3 Å². The first-order valence-electron chi connectivity index (χ1n) is 9.02. The van der Waals surface area contributed by atoms with Gasteiger partial charge in [-0.05, 0) is 38.3 Å². The lowest BCUT2D eigenvalue weighted by Crippen LogP contribution is -2.51. The highest BCUT2D eigenvalue weighted by Crippen LogP contribution is 2.30. The Balaban J connectivity index is 1.54. The van der Waals surface area contributed by atoms with Gasteiger partial charge in [0.1, 0.15) is 0 Å². The topological polar surface area (TPSA) is 72.9 Å². The van der Waals surface area contributed by atoms with Crippen molar-refractivity contribution in [2.75, 3.05) is 26.2 Å². The van der Waals surface area contributed by atoms with Crippen LogP contribution in [-0.4, -0.2) is 58.6 Å². The Morgan fingerprint density at radius 2 is 2.04 bits per heavy atom. The number of urea groups is 1. The van der Waals surface area contributed by atoms with Crippen molar-refractivity contribution in [1.29, 1.82) is 0 Å². The lowest BCUT2D eigenvalue weighted by Gasteiger charge is -2.36. The molecular formula is C19H27N3O3. The zero-order valence-electron chi connectivity index (χ0n) is 14.8. The van der Waals surface area contributed by atoms with Gasteiger partial charge in [-0.3, -0.25) is 9.69 Å². The van der Waals surface area contributed by atoms with E-state index < -0.39 is 11.9 Å². The van der Waals surface area contributed by atoms with Gasteiger partial charge >= 0.3 is 12.0 Å². The zero-order chi connectivity index (χ0) is 17.9. The van der Waals surface area contributed by atoms with Crippen LogP contribution in [0.3, 0.4) is 0 Å². The number of benzene rings is 1. The fraction of sp³-hybridized carbons (Fsp3) is 0.579. The summed E-state index contributed by atoms with van der Waals surface area (Å²) in [7, 11) is 0. The first-order valence-corrected chi connectivity index (χ1v) is 9.02. The average Bonchev–Trinajstić information content (AvgIpc) is 3.22. The average molecular weight is 345 g/mol. The van der Waals surface area contributed by atoms with Crippen molar-refractivity contribution in [3.05, 3.63) is 35.9 Å². The molecule has 2 heterocycles. The highest BCUT2D eigenvalue weighted by molar-refractivity contribution is 5.77. The molecule has 2 saturated heterocycles. The zero-order valence-corrected chi connectivity index (χ0v) is 14.8. The van der Waals surface area contributed by atoms with Gasteiger partial charge in [0.05, 0.1) is 5.92 Å². The lowest BCUT2D eigenvalue weighted by atomic mass is 9.98. The van der Waals surface area contributed by atoms with Crippen LogP contribution in [0.4, 0.5) is 4.79 Å². The minimum Gasteiger partial charge on any atom is -0.481 e. The van der Waals surface area contributed by atoms with E-state index in [0.717, 1.165) is 25.9 Å². The van der Waals surface area contributed by atoms with E-state index in [1.165, 1.54) is 5.56 Å². The van der Waals surface area contributed by atoms with E-state index in [1.807, 2.05) is 6.07 Å². The van der Waals surface area contributed by atoms with Crippen molar-refractivity contribution in [2.45, 2.75) is 38.3 Å². The molecule has 0 spiro atoms. The minimum atomic E-state index is -0.813. The van der Waals surface area contributed by atoms with Crippen molar-refractivity contribution in [2.24, 2.45) is 5.92 Å². The molecule has 2 unspecified atom stereocenters. The van der Waals surface area contributed by atoms with Gasteiger partial charge in [-0.15, -0.1) is 0 Å². The molecule has 0 bridgehead atoms. The largest absolute Gasteiger partial charge is 0.481 e. The molecule has 6 nitrogen and oxygen atoms in total. The van der Waals surface area contributed by atoms with Crippen molar-refractivity contribution in [3.63, 3.8) is 0 Å². The molecule has 6 heteroatoms. The number of hydrogen-bond acceptors (Lipinski definition) is 3. The Labute approximate surface area is 148 Å². The van der Waals surface area contributed by atoms with E-state index in [-0.39, 0.29) is 11.6 Å². The van der Waals surface area contributed by atoms with Crippen LogP contribution in [0.25, 0.3) is 0 Å². The standard InChI is InChI=1S/C19H27N3O3/c1-19(9-5-10-22(19)12-15-6-3-2-4-7-15)14-20-18(25)21-11-8-16(13-21)17(23)24/h2-4,6-7,16H,5,8-14H2,1H3,(H,20,25)(H,23,24). The highest BCUT2D eigenvalue weighted by Gasteiger charge is 2.37. The van der Waals surface area contributed by atoms with Crippen LogP contribution in [0.1, 0.15) is 31.7 Å². The summed E-state index contributed by atoms with van der Waals surface area (Å²) in [6.07, 6.45) is 2.72. The molecule has 2 aliphatic rings. The molecule has 0 saturated carbocycles. The molecule has 2 aliphatic heterocycles. The molecule has 0 aliphatic carbocycles. The van der Waals surface area contributed by atoms with E-state index in [4.69, 9.17) is 5.11 Å². The van der Waals surface area contributed by atoms with Crippen LogP contribution in [0, 0.1) is 5.92 Å². The number of likely N-dealkylation sites (tertiary alicyclic amines) is 2. The molecule has 25 heavy (non-hydrogen) atoms. The Morgan fingerprint density at radius 1 is 1.28 bits per heavy atom. The predicted molar refractivity (Wildman–Crippen MR) is 95.2 cm³/mol. The van der Waals surface area contributed by atoms with Crippen LogP contribution in [-0.2, 0) is 11.3 Å². The van der Waals surface area contributed by atoms with E-state index in [9.17, 15) is 9.59 Å². The second-order valence-electron chi connectivity index (χ2n) is 7.44. The highest BCUT2D eigenvalue weighted by atomic mass is 16.4. The molecule has 136 valence electrons. The Kier molecular flexibility index (Phi) is 5.27. The second kappa shape index (κ2) is 7.44. The summed E-state index contributed by atoms with van der Waals surface area (Å²) < 4.78 is 0. The van der Waals surface area contributed by atoms with E-state index in [1.54, 1.807) is 4.90 Å². The van der Waals surface area contributed by atoms with Crippen LogP contribution in [0.2, 0.25) is 0 Å². The van der Waals surface area contributed by atoms with Gasteiger partial charge in [0.25, 0.3) is 0 Å². The quantitative estimate of drug-likeness (QED) is 0.858. The smallest absolute Gasteiger partial charge is 0.317 e.